The van der Waals surface area contributed by atoms with Gasteiger partial charge in [0.2, 0.25) is 0 Å². The summed E-state index contributed by atoms with van der Waals surface area (Å²) in [6, 6.07) is 25.5. The second-order valence-electron chi connectivity index (χ2n) is 5.65. The third-order valence-electron chi connectivity index (χ3n) is 4.25. The Hall–Kier alpha value is -2.54. The quantitative estimate of drug-likeness (QED) is 0.617. The first kappa shape index (κ1) is 13.1. The van der Waals surface area contributed by atoms with E-state index in [2.05, 4.69) is 72.8 Å². The average Bonchev–Trinajstić information content (AvgIpc) is 2.62. The third kappa shape index (κ3) is 2.29. The summed E-state index contributed by atoms with van der Waals surface area (Å²) < 4.78 is 6.07. The van der Waals surface area contributed by atoms with Crippen molar-refractivity contribution < 1.29 is 4.74 Å². The van der Waals surface area contributed by atoms with E-state index in [1.807, 2.05) is 0 Å². The third-order valence-corrected chi connectivity index (χ3v) is 4.25. The van der Waals surface area contributed by atoms with E-state index in [0.717, 1.165) is 25.2 Å². The van der Waals surface area contributed by atoms with E-state index in [1.54, 1.807) is 0 Å². The van der Waals surface area contributed by atoms with Crippen molar-refractivity contribution in [3.05, 3.63) is 78.4 Å². The largest absolute Gasteiger partial charge is 0.493 e. The van der Waals surface area contributed by atoms with Crippen molar-refractivity contribution in [2.45, 2.75) is 12.8 Å². The van der Waals surface area contributed by atoms with E-state index < -0.39 is 0 Å². The van der Waals surface area contributed by atoms with Gasteiger partial charge in [-0.3, -0.25) is 0 Å². The standard InChI is InChI=1S/C21H18O/c1-3-8-16(9-4-1)18-13-14-19(17-10-5-2-6-11-17)21-20(18)12-7-15-22-21/h1-6,8-11,13-14H,7,12,15H2. The molecule has 0 N–H and O–H groups in total. The molecule has 0 radical (unpaired) electrons. The minimum atomic E-state index is 0.811. The lowest BCUT2D eigenvalue weighted by atomic mass is 9.90. The molecule has 3 aromatic carbocycles. The summed E-state index contributed by atoms with van der Waals surface area (Å²) in [4.78, 5) is 0. The van der Waals surface area contributed by atoms with E-state index in [-0.39, 0.29) is 0 Å². The molecule has 0 saturated heterocycles. The highest BCUT2D eigenvalue weighted by molar-refractivity contribution is 5.80. The van der Waals surface area contributed by atoms with Crippen LogP contribution in [0.4, 0.5) is 0 Å². The zero-order valence-electron chi connectivity index (χ0n) is 12.5. The molecular formula is C21H18O. The average molecular weight is 286 g/mol. The first-order valence-corrected chi connectivity index (χ1v) is 7.83. The Morgan fingerprint density at radius 2 is 1.23 bits per heavy atom. The van der Waals surface area contributed by atoms with Crippen LogP contribution < -0.4 is 4.74 Å². The summed E-state index contributed by atoms with van der Waals surface area (Å²) in [5.74, 6) is 1.07. The smallest absolute Gasteiger partial charge is 0.130 e. The van der Waals surface area contributed by atoms with Crippen LogP contribution >= 0.6 is 0 Å². The second kappa shape index (κ2) is 5.69. The highest BCUT2D eigenvalue weighted by Crippen LogP contribution is 2.41. The SMILES string of the molecule is c1ccc(-c2ccc(-c3ccccc3)c3c2CCCO3)cc1. The molecule has 1 aliphatic rings. The fraction of sp³-hybridized carbons (Fsp3) is 0.143. The fourth-order valence-electron chi connectivity index (χ4n) is 3.20. The summed E-state index contributed by atoms with van der Waals surface area (Å²) in [6.07, 6.45) is 2.17. The molecule has 1 heteroatoms. The highest BCUT2D eigenvalue weighted by Gasteiger charge is 2.19. The number of rotatable bonds is 2. The molecule has 0 aromatic heterocycles. The van der Waals surface area contributed by atoms with Crippen molar-refractivity contribution in [2.24, 2.45) is 0 Å². The van der Waals surface area contributed by atoms with Gasteiger partial charge in [0.1, 0.15) is 5.75 Å². The molecular weight excluding hydrogens is 268 g/mol. The molecule has 22 heavy (non-hydrogen) atoms. The summed E-state index contributed by atoms with van der Waals surface area (Å²) in [5, 5.41) is 0. The van der Waals surface area contributed by atoms with Crippen LogP contribution in [-0.2, 0) is 6.42 Å². The first-order valence-electron chi connectivity index (χ1n) is 7.83. The molecule has 1 nitrogen and oxygen atoms in total. The normalized spacial score (nSPS) is 13.3. The van der Waals surface area contributed by atoms with Gasteiger partial charge in [0, 0.05) is 11.1 Å². The Morgan fingerprint density at radius 3 is 1.91 bits per heavy atom. The minimum absolute atomic E-state index is 0.811. The predicted octanol–water partition coefficient (Wildman–Crippen LogP) is 5.35. The van der Waals surface area contributed by atoms with Crippen molar-refractivity contribution >= 4 is 0 Å². The van der Waals surface area contributed by atoms with Crippen LogP contribution in [0.2, 0.25) is 0 Å². The van der Waals surface area contributed by atoms with Gasteiger partial charge in [-0.1, -0.05) is 72.8 Å². The van der Waals surface area contributed by atoms with Crippen LogP contribution in [0.5, 0.6) is 5.75 Å². The maximum atomic E-state index is 6.07. The topological polar surface area (TPSA) is 9.23 Å². The van der Waals surface area contributed by atoms with Crippen LogP contribution in [0.15, 0.2) is 72.8 Å². The lowest BCUT2D eigenvalue weighted by molar-refractivity contribution is 0.290. The molecule has 0 saturated carbocycles. The van der Waals surface area contributed by atoms with Crippen molar-refractivity contribution in [1.29, 1.82) is 0 Å². The molecule has 108 valence electrons. The Kier molecular flexibility index (Phi) is 3.40. The number of ether oxygens (including phenoxy) is 1. The van der Waals surface area contributed by atoms with Crippen molar-refractivity contribution in [3.8, 4) is 28.0 Å². The van der Waals surface area contributed by atoms with Gasteiger partial charge in [-0.2, -0.15) is 0 Å². The molecule has 0 atom stereocenters. The predicted molar refractivity (Wildman–Crippen MR) is 91.1 cm³/mol. The Labute approximate surface area is 131 Å². The number of hydrogen-bond donors (Lipinski definition) is 0. The summed E-state index contributed by atoms with van der Waals surface area (Å²) in [7, 11) is 0. The second-order valence-corrected chi connectivity index (χ2v) is 5.65. The summed E-state index contributed by atoms with van der Waals surface area (Å²) >= 11 is 0. The number of benzene rings is 3. The molecule has 4 rings (SSSR count). The van der Waals surface area contributed by atoms with Gasteiger partial charge in [0.15, 0.2) is 0 Å². The van der Waals surface area contributed by atoms with Gasteiger partial charge in [-0.05, 0) is 29.5 Å². The van der Waals surface area contributed by atoms with E-state index in [1.165, 1.54) is 27.8 Å². The molecule has 0 unspecified atom stereocenters. The van der Waals surface area contributed by atoms with Gasteiger partial charge < -0.3 is 4.74 Å². The zero-order valence-corrected chi connectivity index (χ0v) is 12.5. The van der Waals surface area contributed by atoms with E-state index in [4.69, 9.17) is 4.74 Å². The van der Waals surface area contributed by atoms with E-state index >= 15 is 0 Å². The van der Waals surface area contributed by atoms with Crippen LogP contribution in [0.1, 0.15) is 12.0 Å². The Morgan fingerprint density at radius 1 is 0.636 bits per heavy atom. The van der Waals surface area contributed by atoms with Crippen molar-refractivity contribution in [2.75, 3.05) is 6.61 Å². The van der Waals surface area contributed by atoms with Gasteiger partial charge >= 0.3 is 0 Å². The molecule has 0 bridgehead atoms. The first-order chi connectivity index (χ1) is 10.9. The number of hydrogen-bond acceptors (Lipinski definition) is 1. The molecule has 0 fully saturated rings. The van der Waals surface area contributed by atoms with Gasteiger partial charge in [-0.15, -0.1) is 0 Å². The monoisotopic (exact) mass is 286 g/mol. The molecule has 0 amide bonds. The number of fused-ring (bicyclic) bond motifs is 1. The van der Waals surface area contributed by atoms with Crippen LogP contribution in [0.3, 0.4) is 0 Å². The molecule has 1 aliphatic heterocycles. The lowest BCUT2D eigenvalue weighted by Gasteiger charge is -2.23. The lowest BCUT2D eigenvalue weighted by Crippen LogP contribution is -2.10. The molecule has 0 spiro atoms. The van der Waals surface area contributed by atoms with Gasteiger partial charge in [0.05, 0.1) is 6.61 Å². The van der Waals surface area contributed by atoms with Crippen LogP contribution in [-0.4, -0.2) is 6.61 Å². The van der Waals surface area contributed by atoms with E-state index in [9.17, 15) is 0 Å². The van der Waals surface area contributed by atoms with E-state index in [0.29, 0.717) is 0 Å². The van der Waals surface area contributed by atoms with Crippen LogP contribution in [0, 0.1) is 0 Å². The summed E-state index contributed by atoms with van der Waals surface area (Å²) in [6.45, 7) is 0.811. The molecule has 3 aromatic rings. The highest BCUT2D eigenvalue weighted by atomic mass is 16.5. The molecule has 0 aliphatic carbocycles. The van der Waals surface area contributed by atoms with Gasteiger partial charge in [-0.25, -0.2) is 0 Å². The molecule has 1 heterocycles. The maximum absolute atomic E-state index is 6.07. The zero-order chi connectivity index (χ0) is 14.8. The van der Waals surface area contributed by atoms with Gasteiger partial charge in [0.25, 0.3) is 0 Å². The Bertz CT molecular complexity index is 707. The maximum Gasteiger partial charge on any atom is 0.130 e. The Balaban J connectivity index is 1.91. The van der Waals surface area contributed by atoms with Crippen LogP contribution in [0.25, 0.3) is 22.3 Å². The van der Waals surface area contributed by atoms with Crippen molar-refractivity contribution in [3.63, 3.8) is 0 Å². The summed E-state index contributed by atoms with van der Waals surface area (Å²) in [5.41, 5.74) is 6.34. The fourth-order valence-corrected chi connectivity index (χ4v) is 3.20. The minimum Gasteiger partial charge on any atom is -0.493 e. The van der Waals surface area contributed by atoms with Crippen molar-refractivity contribution in [1.82, 2.24) is 0 Å².